The summed E-state index contributed by atoms with van der Waals surface area (Å²) in [4.78, 5) is 0. The van der Waals surface area contributed by atoms with E-state index >= 15 is 0 Å². The second-order valence-electron chi connectivity index (χ2n) is 5.34. The van der Waals surface area contributed by atoms with Crippen molar-refractivity contribution in [2.45, 2.75) is 46.1 Å². The number of hydrogen-bond donors (Lipinski definition) is 1. The Kier molecular flexibility index (Phi) is 5.73. The zero-order chi connectivity index (χ0) is 15.2. The van der Waals surface area contributed by atoms with Gasteiger partial charge in [-0.2, -0.15) is 0 Å². The van der Waals surface area contributed by atoms with E-state index in [1.165, 1.54) is 19.3 Å². The molecule has 0 aliphatic rings. The number of rotatable bonds is 7. The molecule has 1 unspecified atom stereocenters. The van der Waals surface area contributed by atoms with Crippen LogP contribution in [0.25, 0.3) is 11.4 Å². The summed E-state index contributed by atoms with van der Waals surface area (Å²) in [6.45, 7) is 5.30. The molecule has 2 N–H and O–H groups in total. The van der Waals surface area contributed by atoms with Crippen LogP contribution in [-0.4, -0.2) is 20.2 Å². The summed E-state index contributed by atoms with van der Waals surface area (Å²) in [7, 11) is 0. The first kappa shape index (κ1) is 15.9. The lowest BCUT2D eigenvalue weighted by Crippen LogP contribution is -2.13. The third-order valence-electron chi connectivity index (χ3n) is 3.76. The average molecular weight is 352 g/mol. The van der Waals surface area contributed by atoms with E-state index in [-0.39, 0.29) is 0 Å². The molecule has 0 bridgehead atoms. The molecule has 2 rings (SSSR count). The van der Waals surface area contributed by atoms with Gasteiger partial charge in [-0.25, -0.2) is 4.68 Å². The smallest absolute Gasteiger partial charge is 0.182 e. The number of hydrogen-bond acceptors (Lipinski definition) is 4. The predicted octanol–water partition coefficient (Wildman–Crippen LogP) is 3.90. The van der Waals surface area contributed by atoms with Crippen LogP contribution in [0, 0.1) is 5.92 Å². The van der Waals surface area contributed by atoms with Gasteiger partial charge in [0.2, 0.25) is 0 Å². The topological polar surface area (TPSA) is 69.6 Å². The Bertz CT molecular complexity index is 581. The molecule has 0 saturated heterocycles. The summed E-state index contributed by atoms with van der Waals surface area (Å²) in [6.07, 6.45) is 4.83. The Hall–Kier alpha value is -1.43. The molecule has 0 aliphatic heterocycles. The van der Waals surface area contributed by atoms with Gasteiger partial charge in [0.25, 0.3) is 0 Å². The SMILES string of the molecule is CCCCC(CC)Cn1nnnc1-c1ccc(Br)c(N)c1. The normalized spacial score (nSPS) is 12.5. The van der Waals surface area contributed by atoms with Crippen molar-refractivity contribution in [2.75, 3.05) is 5.73 Å². The van der Waals surface area contributed by atoms with Gasteiger partial charge in [0.15, 0.2) is 5.82 Å². The van der Waals surface area contributed by atoms with Crippen LogP contribution in [0.3, 0.4) is 0 Å². The number of benzene rings is 1. The molecule has 5 nitrogen and oxygen atoms in total. The second-order valence-corrected chi connectivity index (χ2v) is 6.19. The number of anilines is 1. The maximum atomic E-state index is 5.95. The molecule has 0 amide bonds. The molecule has 0 fully saturated rings. The standard InChI is InChI=1S/C15H22BrN5/c1-3-5-6-11(4-2)10-21-15(18-19-20-21)12-7-8-13(16)14(17)9-12/h7-9,11H,3-6,10,17H2,1-2H3. The van der Waals surface area contributed by atoms with Gasteiger partial charge in [-0.1, -0.05) is 33.1 Å². The Morgan fingerprint density at radius 3 is 2.81 bits per heavy atom. The maximum absolute atomic E-state index is 5.95. The average Bonchev–Trinajstić information content (AvgIpc) is 2.94. The van der Waals surface area contributed by atoms with Crippen LogP contribution >= 0.6 is 15.9 Å². The van der Waals surface area contributed by atoms with Gasteiger partial charge in [-0.15, -0.1) is 5.10 Å². The van der Waals surface area contributed by atoms with E-state index in [1.807, 2.05) is 22.9 Å². The van der Waals surface area contributed by atoms with Crippen LogP contribution < -0.4 is 5.73 Å². The Morgan fingerprint density at radius 1 is 1.33 bits per heavy atom. The van der Waals surface area contributed by atoms with E-state index in [9.17, 15) is 0 Å². The highest BCUT2D eigenvalue weighted by molar-refractivity contribution is 9.10. The van der Waals surface area contributed by atoms with Crippen LogP contribution in [0.4, 0.5) is 5.69 Å². The van der Waals surface area contributed by atoms with Gasteiger partial charge in [-0.3, -0.25) is 0 Å². The summed E-state index contributed by atoms with van der Waals surface area (Å²) in [5.74, 6) is 1.39. The van der Waals surface area contributed by atoms with Crippen LogP contribution in [0.5, 0.6) is 0 Å². The summed E-state index contributed by atoms with van der Waals surface area (Å²) in [5.41, 5.74) is 7.59. The first-order valence-electron chi connectivity index (χ1n) is 7.47. The molecule has 1 aromatic carbocycles. The van der Waals surface area contributed by atoms with Crippen molar-refractivity contribution in [3.05, 3.63) is 22.7 Å². The number of nitrogen functional groups attached to an aromatic ring is 1. The Labute approximate surface area is 134 Å². The third-order valence-corrected chi connectivity index (χ3v) is 4.48. The second kappa shape index (κ2) is 7.54. The number of tetrazole rings is 1. The zero-order valence-corrected chi connectivity index (χ0v) is 14.2. The van der Waals surface area contributed by atoms with Crippen molar-refractivity contribution in [1.82, 2.24) is 20.2 Å². The summed E-state index contributed by atoms with van der Waals surface area (Å²) >= 11 is 3.41. The van der Waals surface area contributed by atoms with E-state index in [2.05, 4.69) is 45.3 Å². The van der Waals surface area contributed by atoms with Crippen molar-refractivity contribution in [2.24, 2.45) is 5.92 Å². The van der Waals surface area contributed by atoms with E-state index in [0.29, 0.717) is 11.6 Å². The third kappa shape index (κ3) is 4.03. The molecule has 0 radical (unpaired) electrons. The van der Waals surface area contributed by atoms with Crippen molar-refractivity contribution in [3.63, 3.8) is 0 Å². The number of nitrogens with two attached hydrogens (primary N) is 1. The van der Waals surface area contributed by atoms with Crippen molar-refractivity contribution >= 4 is 21.6 Å². The van der Waals surface area contributed by atoms with Crippen molar-refractivity contribution in [3.8, 4) is 11.4 Å². The van der Waals surface area contributed by atoms with Crippen LogP contribution in [0.1, 0.15) is 39.5 Å². The molecule has 21 heavy (non-hydrogen) atoms. The largest absolute Gasteiger partial charge is 0.398 e. The highest BCUT2D eigenvalue weighted by atomic mass is 79.9. The van der Waals surface area contributed by atoms with Gasteiger partial charge in [0.05, 0.1) is 0 Å². The monoisotopic (exact) mass is 351 g/mol. The molecular weight excluding hydrogens is 330 g/mol. The fourth-order valence-electron chi connectivity index (χ4n) is 2.38. The fraction of sp³-hybridized carbons (Fsp3) is 0.533. The highest BCUT2D eigenvalue weighted by Crippen LogP contribution is 2.26. The first-order valence-corrected chi connectivity index (χ1v) is 8.26. The lowest BCUT2D eigenvalue weighted by Gasteiger charge is -2.15. The predicted molar refractivity (Wildman–Crippen MR) is 88.7 cm³/mol. The molecule has 1 atom stereocenters. The van der Waals surface area contributed by atoms with Gasteiger partial charge < -0.3 is 5.73 Å². The summed E-state index contributed by atoms with van der Waals surface area (Å²) in [6, 6.07) is 5.81. The van der Waals surface area contributed by atoms with Gasteiger partial charge in [0.1, 0.15) is 0 Å². The van der Waals surface area contributed by atoms with Crippen LogP contribution in [0.15, 0.2) is 22.7 Å². The minimum atomic E-state index is 0.611. The van der Waals surface area contributed by atoms with Crippen LogP contribution in [0.2, 0.25) is 0 Å². The molecule has 1 aromatic heterocycles. The molecule has 0 saturated carbocycles. The molecule has 6 heteroatoms. The quantitative estimate of drug-likeness (QED) is 0.768. The van der Waals surface area contributed by atoms with E-state index in [1.54, 1.807) is 0 Å². The number of halogens is 1. The summed E-state index contributed by atoms with van der Waals surface area (Å²) in [5, 5.41) is 12.1. The highest BCUT2D eigenvalue weighted by Gasteiger charge is 2.14. The van der Waals surface area contributed by atoms with E-state index in [0.717, 1.165) is 28.8 Å². The lowest BCUT2D eigenvalue weighted by atomic mass is 9.99. The molecule has 2 aromatic rings. The summed E-state index contributed by atoms with van der Waals surface area (Å²) < 4.78 is 2.78. The van der Waals surface area contributed by atoms with Gasteiger partial charge in [-0.05, 0) is 56.9 Å². The minimum absolute atomic E-state index is 0.611. The Balaban J connectivity index is 2.19. The molecule has 0 aliphatic carbocycles. The van der Waals surface area contributed by atoms with E-state index < -0.39 is 0 Å². The zero-order valence-electron chi connectivity index (χ0n) is 12.6. The molecule has 1 heterocycles. The van der Waals surface area contributed by atoms with Gasteiger partial charge >= 0.3 is 0 Å². The van der Waals surface area contributed by atoms with Crippen LogP contribution in [-0.2, 0) is 6.54 Å². The number of aromatic nitrogens is 4. The Morgan fingerprint density at radius 2 is 2.14 bits per heavy atom. The lowest BCUT2D eigenvalue weighted by molar-refractivity contribution is 0.370. The van der Waals surface area contributed by atoms with Gasteiger partial charge in [0, 0.05) is 22.3 Å². The molecular formula is C15H22BrN5. The maximum Gasteiger partial charge on any atom is 0.182 e. The van der Waals surface area contributed by atoms with E-state index in [4.69, 9.17) is 5.73 Å². The first-order chi connectivity index (χ1) is 10.2. The number of unbranched alkanes of at least 4 members (excludes halogenated alkanes) is 1. The van der Waals surface area contributed by atoms with Crippen molar-refractivity contribution in [1.29, 1.82) is 0 Å². The van der Waals surface area contributed by atoms with Crippen molar-refractivity contribution < 1.29 is 0 Å². The molecule has 0 spiro atoms. The molecule has 114 valence electrons. The number of nitrogens with zero attached hydrogens (tertiary/aromatic N) is 4. The minimum Gasteiger partial charge on any atom is -0.398 e. The fourth-order valence-corrected chi connectivity index (χ4v) is 2.63.